The largest absolute Gasteiger partial charge is 0.475 e. The van der Waals surface area contributed by atoms with Crippen molar-refractivity contribution in [2.24, 2.45) is 4.99 Å². The van der Waals surface area contributed by atoms with Crippen LogP contribution in [0.25, 0.3) is 0 Å². The number of benzene rings is 2. The van der Waals surface area contributed by atoms with E-state index < -0.39 is 22.0 Å². The van der Waals surface area contributed by atoms with Crippen LogP contribution >= 0.6 is 22.6 Å². The number of rotatable bonds is 4. The van der Waals surface area contributed by atoms with Gasteiger partial charge >= 0.3 is 5.69 Å². The number of aryl methyl sites for hydroxylation is 1. The summed E-state index contributed by atoms with van der Waals surface area (Å²) in [4.78, 5) is 14.9. The van der Waals surface area contributed by atoms with Gasteiger partial charge < -0.3 is 10.1 Å². The van der Waals surface area contributed by atoms with E-state index in [1.807, 2.05) is 39.0 Å². The number of nitro benzene ring substituents is 1. The van der Waals surface area contributed by atoms with E-state index in [0.717, 1.165) is 20.9 Å². The number of nitrogens with one attached hydrogen (secondary N) is 1. The predicted octanol–water partition coefficient (Wildman–Crippen LogP) is 4.95. The van der Waals surface area contributed by atoms with Gasteiger partial charge in [-0.2, -0.15) is 4.39 Å². The van der Waals surface area contributed by atoms with Crippen LogP contribution in [0.1, 0.15) is 25.0 Å². The molecule has 3 rings (SSSR count). The lowest BCUT2D eigenvalue weighted by molar-refractivity contribution is -0.387. The zero-order valence-corrected chi connectivity index (χ0v) is 16.6. The number of nitro groups is 1. The molecule has 0 saturated carbocycles. The van der Waals surface area contributed by atoms with Gasteiger partial charge in [-0.3, -0.25) is 10.1 Å². The zero-order chi connectivity index (χ0) is 19.1. The molecule has 1 N–H and O–H groups in total. The van der Waals surface area contributed by atoms with E-state index in [4.69, 9.17) is 4.74 Å². The van der Waals surface area contributed by atoms with Crippen LogP contribution in [0.4, 0.5) is 21.5 Å². The Morgan fingerprint density at radius 1 is 1.31 bits per heavy atom. The summed E-state index contributed by atoms with van der Waals surface area (Å²) in [5.41, 5.74) is 1.43. The SMILES string of the molecule is Cc1cc(I)ccc1Nc1cc(F)c([N+](=O)[O-])cc1C1=NC(C)(C)CO1. The number of hydrogen-bond acceptors (Lipinski definition) is 5. The van der Waals surface area contributed by atoms with E-state index in [9.17, 15) is 14.5 Å². The first-order chi connectivity index (χ1) is 12.2. The summed E-state index contributed by atoms with van der Waals surface area (Å²) >= 11 is 2.21. The molecule has 0 saturated heterocycles. The van der Waals surface area contributed by atoms with Crippen LogP contribution in [0.5, 0.6) is 0 Å². The van der Waals surface area contributed by atoms with Crippen molar-refractivity contribution >= 4 is 45.6 Å². The third-order valence-corrected chi connectivity index (χ3v) is 4.61. The Labute approximate surface area is 163 Å². The maximum atomic E-state index is 14.2. The first kappa shape index (κ1) is 18.6. The summed E-state index contributed by atoms with van der Waals surface area (Å²) in [5.74, 6) is -0.647. The Bertz CT molecular complexity index is 928. The maximum Gasteiger partial charge on any atom is 0.305 e. The molecule has 0 unspecified atom stereocenters. The number of ether oxygens (including phenoxy) is 1. The summed E-state index contributed by atoms with van der Waals surface area (Å²) in [6.07, 6.45) is 0. The summed E-state index contributed by atoms with van der Waals surface area (Å²) < 4.78 is 20.9. The molecule has 0 bridgehead atoms. The van der Waals surface area contributed by atoms with Gasteiger partial charge in [0.1, 0.15) is 6.61 Å². The highest BCUT2D eigenvalue weighted by Crippen LogP contribution is 2.33. The van der Waals surface area contributed by atoms with Gasteiger partial charge in [-0.25, -0.2) is 4.99 Å². The van der Waals surface area contributed by atoms with E-state index >= 15 is 0 Å². The van der Waals surface area contributed by atoms with Crippen LogP contribution in [-0.4, -0.2) is 23.0 Å². The van der Waals surface area contributed by atoms with Gasteiger partial charge in [-0.05, 0) is 67.1 Å². The Kier molecular flexibility index (Phi) is 4.87. The molecule has 1 aliphatic heterocycles. The van der Waals surface area contributed by atoms with Crippen molar-refractivity contribution in [2.75, 3.05) is 11.9 Å². The van der Waals surface area contributed by atoms with Gasteiger partial charge in [-0.15, -0.1) is 0 Å². The molecule has 0 fully saturated rings. The van der Waals surface area contributed by atoms with Gasteiger partial charge in [-0.1, -0.05) is 0 Å². The van der Waals surface area contributed by atoms with Crippen molar-refractivity contribution in [3.8, 4) is 0 Å². The van der Waals surface area contributed by atoms with Gasteiger partial charge in [0, 0.05) is 21.4 Å². The number of anilines is 2. The molecule has 0 amide bonds. The van der Waals surface area contributed by atoms with E-state index in [0.29, 0.717) is 17.9 Å². The van der Waals surface area contributed by atoms with Crippen LogP contribution in [0.3, 0.4) is 0 Å². The molecule has 136 valence electrons. The number of halogens is 2. The second kappa shape index (κ2) is 6.82. The summed E-state index contributed by atoms with van der Waals surface area (Å²) in [6.45, 7) is 6.08. The van der Waals surface area contributed by atoms with Crippen molar-refractivity contribution in [3.05, 3.63) is 61.0 Å². The molecular weight excluding hydrogens is 452 g/mol. The second-order valence-corrected chi connectivity index (χ2v) is 7.95. The molecule has 0 aromatic heterocycles. The fourth-order valence-electron chi connectivity index (χ4n) is 2.62. The lowest BCUT2D eigenvalue weighted by Gasteiger charge is -2.14. The molecule has 2 aromatic carbocycles. The third-order valence-electron chi connectivity index (χ3n) is 3.94. The number of nitrogens with zero attached hydrogens (tertiary/aromatic N) is 2. The minimum atomic E-state index is -0.915. The fraction of sp³-hybridized carbons (Fsp3) is 0.278. The lowest BCUT2D eigenvalue weighted by Crippen LogP contribution is -2.17. The molecule has 8 heteroatoms. The van der Waals surface area contributed by atoms with Crippen molar-refractivity contribution in [1.82, 2.24) is 0 Å². The standard InChI is InChI=1S/C18H17FIN3O3/c1-10-6-11(20)4-5-14(10)21-15-8-13(19)16(23(24)25)7-12(15)17-22-18(2,3)9-26-17/h4-8,21H,9H2,1-3H3. The molecule has 2 aromatic rings. The fourth-order valence-corrected chi connectivity index (χ4v) is 3.26. The van der Waals surface area contributed by atoms with Crippen molar-refractivity contribution < 1.29 is 14.1 Å². The maximum absolute atomic E-state index is 14.2. The molecule has 6 nitrogen and oxygen atoms in total. The molecule has 26 heavy (non-hydrogen) atoms. The van der Waals surface area contributed by atoms with Crippen LogP contribution < -0.4 is 5.32 Å². The summed E-state index contributed by atoms with van der Waals surface area (Å²) in [6, 6.07) is 8.06. The van der Waals surface area contributed by atoms with Crippen LogP contribution in [0.2, 0.25) is 0 Å². The van der Waals surface area contributed by atoms with Crippen LogP contribution in [0, 0.1) is 26.4 Å². The van der Waals surface area contributed by atoms with E-state index in [-0.39, 0.29) is 5.90 Å². The van der Waals surface area contributed by atoms with Crippen molar-refractivity contribution in [3.63, 3.8) is 0 Å². The monoisotopic (exact) mass is 469 g/mol. The molecule has 0 radical (unpaired) electrons. The van der Waals surface area contributed by atoms with Crippen molar-refractivity contribution in [2.45, 2.75) is 26.3 Å². The van der Waals surface area contributed by atoms with Gasteiger partial charge in [0.2, 0.25) is 11.7 Å². The minimum absolute atomic E-state index is 0.267. The summed E-state index contributed by atoms with van der Waals surface area (Å²) in [7, 11) is 0. The first-order valence-corrected chi connectivity index (χ1v) is 8.98. The average Bonchev–Trinajstić information content (AvgIpc) is 2.89. The average molecular weight is 469 g/mol. The lowest BCUT2D eigenvalue weighted by atomic mass is 10.1. The topological polar surface area (TPSA) is 76.8 Å². The Morgan fingerprint density at radius 3 is 2.62 bits per heavy atom. The Balaban J connectivity index is 2.11. The second-order valence-electron chi connectivity index (χ2n) is 6.71. The van der Waals surface area contributed by atoms with E-state index in [1.54, 1.807) is 0 Å². The molecule has 1 aliphatic rings. The van der Waals surface area contributed by atoms with E-state index in [2.05, 4.69) is 32.9 Å². The van der Waals surface area contributed by atoms with Crippen molar-refractivity contribution in [1.29, 1.82) is 0 Å². The Morgan fingerprint density at radius 2 is 2.04 bits per heavy atom. The highest BCUT2D eigenvalue weighted by atomic mass is 127. The number of hydrogen-bond donors (Lipinski definition) is 1. The highest BCUT2D eigenvalue weighted by Gasteiger charge is 2.30. The smallest absolute Gasteiger partial charge is 0.305 e. The number of aliphatic imine (C=N–C) groups is 1. The van der Waals surface area contributed by atoms with Gasteiger partial charge in [0.15, 0.2) is 0 Å². The normalized spacial score (nSPS) is 15.3. The minimum Gasteiger partial charge on any atom is -0.475 e. The quantitative estimate of drug-likeness (QED) is 0.391. The molecule has 1 heterocycles. The first-order valence-electron chi connectivity index (χ1n) is 7.90. The molecule has 0 atom stereocenters. The molecular formula is C18H17FIN3O3. The Hall–Kier alpha value is -2.23. The zero-order valence-electron chi connectivity index (χ0n) is 14.5. The van der Waals surface area contributed by atoms with Gasteiger partial charge in [0.05, 0.1) is 21.7 Å². The van der Waals surface area contributed by atoms with Crippen LogP contribution in [-0.2, 0) is 4.74 Å². The highest BCUT2D eigenvalue weighted by molar-refractivity contribution is 14.1. The van der Waals surface area contributed by atoms with E-state index in [1.165, 1.54) is 6.07 Å². The summed E-state index contributed by atoms with van der Waals surface area (Å²) in [5, 5.41) is 14.3. The molecule has 0 spiro atoms. The third kappa shape index (κ3) is 3.79. The van der Waals surface area contributed by atoms with Gasteiger partial charge in [0.25, 0.3) is 0 Å². The predicted molar refractivity (Wildman–Crippen MR) is 107 cm³/mol. The van der Waals surface area contributed by atoms with Crippen LogP contribution in [0.15, 0.2) is 35.3 Å². The molecule has 0 aliphatic carbocycles.